The van der Waals surface area contributed by atoms with E-state index in [1.54, 1.807) is 0 Å². The maximum atomic E-state index is 13.0. The lowest BCUT2D eigenvalue weighted by molar-refractivity contribution is -0.283. The Morgan fingerprint density at radius 3 is 2.41 bits per heavy atom. The number of aromatic amines is 1. The van der Waals surface area contributed by atoms with Crippen molar-refractivity contribution in [2.75, 3.05) is 26.2 Å². The van der Waals surface area contributed by atoms with E-state index in [-0.39, 0.29) is 28.3 Å². The molecular weight excluding hydrogens is 485 g/mol. The van der Waals surface area contributed by atoms with Crippen LogP contribution >= 0.6 is 0 Å². The van der Waals surface area contributed by atoms with Crippen LogP contribution < -0.4 is 4.74 Å². The molecule has 2 aromatic rings. The minimum absolute atomic E-state index is 0.160. The number of ether oxygens (including phenoxy) is 1. The smallest absolute Gasteiger partial charge is 0.417 e. The number of hydrogen-bond donors (Lipinski definition) is 1. The first-order valence-corrected chi connectivity index (χ1v) is 13.3. The van der Waals surface area contributed by atoms with Crippen molar-refractivity contribution in [3.8, 4) is 5.88 Å². The number of amides is 2. The molecule has 7 fully saturated rings. The van der Waals surface area contributed by atoms with E-state index in [1.165, 1.54) is 18.9 Å². The molecule has 0 radical (unpaired) electrons. The highest BCUT2D eigenvalue weighted by molar-refractivity contribution is 5.76. The van der Waals surface area contributed by atoms with Crippen LogP contribution in [0.15, 0.2) is 18.3 Å². The molecule has 37 heavy (non-hydrogen) atoms. The van der Waals surface area contributed by atoms with Crippen LogP contribution in [0.1, 0.15) is 74.0 Å². The van der Waals surface area contributed by atoms with Gasteiger partial charge in [-0.3, -0.25) is 5.10 Å². The van der Waals surface area contributed by atoms with Gasteiger partial charge in [0.25, 0.3) is 0 Å². The van der Waals surface area contributed by atoms with E-state index < -0.39 is 11.7 Å². The number of urea groups is 1. The lowest BCUT2D eigenvalue weighted by Gasteiger charge is -2.74. The molecular formula is C26H29F3N6O2. The summed E-state index contributed by atoms with van der Waals surface area (Å²) in [4.78, 5) is 25.5. The average molecular weight is 515 g/mol. The van der Waals surface area contributed by atoms with E-state index in [1.807, 2.05) is 9.80 Å². The van der Waals surface area contributed by atoms with Gasteiger partial charge < -0.3 is 14.5 Å². The minimum Gasteiger partial charge on any atom is -0.471 e. The number of nitrogens with one attached hydrogen (secondary N) is 1. The van der Waals surface area contributed by atoms with Crippen LogP contribution in [0.2, 0.25) is 0 Å². The third kappa shape index (κ3) is 3.34. The Morgan fingerprint density at radius 2 is 1.78 bits per heavy atom. The first-order valence-electron chi connectivity index (χ1n) is 13.3. The van der Waals surface area contributed by atoms with Crippen molar-refractivity contribution in [1.82, 2.24) is 30.0 Å². The second-order valence-corrected chi connectivity index (χ2v) is 12.8. The first kappa shape index (κ1) is 22.2. The van der Waals surface area contributed by atoms with Gasteiger partial charge in [-0.2, -0.15) is 18.3 Å². The van der Waals surface area contributed by atoms with Gasteiger partial charge in [-0.05, 0) is 56.4 Å². The van der Waals surface area contributed by atoms with Gasteiger partial charge in [0.2, 0.25) is 5.88 Å². The summed E-state index contributed by atoms with van der Waals surface area (Å²) in [6.07, 6.45) is 3.69. The number of rotatable bonds is 5. The summed E-state index contributed by atoms with van der Waals surface area (Å²) in [6.45, 7) is 3.27. The summed E-state index contributed by atoms with van der Waals surface area (Å²) in [5, 5.41) is 7.52. The van der Waals surface area contributed by atoms with Gasteiger partial charge in [-0.25, -0.2) is 14.8 Å². The summed E-state index contributed by atoms with van der Waals surface area (Å²) in [5.41, 5.74) is -0.571. The van der Waals surface area contributed by atoms with Gasteiger partial charge >= 0.3 is 12.2 Å². The molecule has 1 spiro atoms. The molecule has 2 saturated heterocycles. The van der Waals surface area contributed by atoms with Crippen molar-refractivity contribution < 1.29 is 22.7 Å². The standard InChI is InChI=1S/C26H29F3N6O2/c27-26(28,29)17-3-4-19(30-7-17)37-25-10-24(11-25,12-25)18-8-34(9-18)22(36)35-13-23(14-35)5-16(6-23)21-31-20(32-33-21)15-1-2-15/h3-4,7,15-16,18H,1-2,5-6,8-14H2,(H,31,32,33). The number of halogens is 3. The Bertz CT molecular complexity index is 1230. The molecule has 2 bridgehead atoms. The molecule has 2 aromatic heterocycles. The topological polar surface area (TPSA) is 87.2 Å². The summed E-state index contributed by atoms with van der Waals surface area (Å²) in [5.74, 6) is 3.75. The number of carbonyl (C=O) groups is 1. The van der Waals surface area contributed by atoms with Crippen molar-refractivity contribution >= 4 is 6.03 Å². The molecule has 2 amide bonds. The summed E-state index contributed by atoms with van der Waals surface area (Å²) >= 11 is 0. The first-order chi connectivity index (χ1) is 17.6. The molecule has 5 saturated carbocycles. The van der Waals surface area contributed by atoms with Crippen molar-refractivity contribution in [3.05, 3.63) is 35.5 Å². The molecule has 196 valence electrons. The second-order valence-electron chi connectivity index (χ2n) is 12.8. The fourth-order valence-corrected chi connectivity index (χ4v) is 7.69. The number of carbonyl (C=O) groups excluding carboxylic acids is 1. The van der Waals surface area contributed by atoms with E-state index in [2.05, 4.69) is 15.2 Å². The zero-order valence-corrected chi connectivity index (χ0v) is 20.4. The highest BCUT2D eigenvalue weighted by Crippen LogP contribution is 2.73. The van der Waals surface area contributed by atoms with Crippen molar-refractivity contribution in [2.24, 2.45) is 16.7 Å². The number of nitrogens with zero attached hydrogens (tertiary/aromatic N) is 5. The van der Waals surface area contributed by atoms with Gasteiger partial charge in [0.1, 0.15) is 11.4 Å². The number of pyridine rings is 1. The Labute approximate surface area is 212 Å². The number of alkyl halides is 3. The fourth-order valence-electron chi connectivity index (χ4n) is 7.69. The van der Waals surface area contributed by atoms with Gasteiger partial charge in [-0.1, -0.05) is 0 Å². The van der Waals surface area contributed by atoms with Crippen LogP contribution in [0.5, 0.6) is 5.88 Å². The summed E-state index contributed by atoms with van der Waals surface area (Å²) in [6, 6.07) is 2.48. The van der Waals surface area contributed by atoms with E-state index in [0.29, 0.717) is 17.8 Å². The lowest BCUT2D eigenvalue weighted by Crippen LogP contribution is -2.77. The quantitative estimate of drug-likeness (QED) is 0.642. The van der Waals surface area contributed by atoms with Crippen LogP contribution in [0.25, 0.3) is 0 Å². The Balaban J connectivity index is 0.782. The molecule has 0 aromatic carbocycles. The van der Waals surface area contributed by atoms with Crippen LogP contribution in [0.3, 0.4) is 0 Å². The second kappa shape index (κ2) is 6.96. The number of hydrogen-bond acceptors (Lipinski definition) is 5. The molecule has 2 aliphatic heterocycles. The van der Waals surface area contributed by atoms with Crippen molar-refractivity contribution in [1.29, 1.82) is 0 Å². The minimum atomic E-state index is -4.40. The van der Waals surface area contributed by atoms with E-state index >= 15 is 0 Å². The predicted octanol–water partition coefficient (Wildman–Crippen LogP) is 4.33. The number of H-pyrrole nitrogens is 1. The Kier molecular flexibility index (Phi) is 4.17. The summed E-state index contributed by atoms with van der Waals surface area (Å²) in [7, 11) is 0. The van der Waals surface area contributed by atoms with Gasteiger partial charge in [0.05, 0.1) is 5.56 Å². The van der Waals surface area contributed by atoms with Crippen LogP contribution in [0, 0.1) is 16.7 Å². The third-order valence-electron chi connectivity index (χ3n) is 9.96. The van der Waals surface area contributed by atoms with E-state index in [0.717, 1.165) is 82.2 Å². The Hall–Kier alpha value is -2.85. The molecule has 11 heteroatoms. The molecule has 5 aliphatic carbocycles. The van der Waals surface area contributed by atoms with Crippen LogP contribution in [-0.4, -0.2) is 67.8 Å². The largest absolute Gasteiger partial charge is 0.471 e. The van der Waals surface area contributed by atoms with Gasteiger partial charge in [-0.15, -0.1) is 0 Å². The molecule has 0 unspecified atom stereocenters. The number of likely N-dealkylation sites (tertiary alicyclic amines) is 2. The maximum Gasteiger partial charge on any atom is 0.417 e. The molecule has 8 nitrogen and oxygen atoms in total. The Morgan fingerprint density at radius 1 is 1.05 bits per heavy atom. The maximum absolute atomic E-state index is 13.0. The van der Waals surface area contributed by atoms with Crippen LogP contribution in [-0.2, 0) is 6.18 Å². The highest BCUT2D eigenvalue weighted by atomic mass is 19.4. The monoisotopic (exact) mass is 514 g/mol. The van der Waals surface area contributed by atoms with Crippen molar-refractivity contribution in [3.63, 3.8) is 0 Å². The zero-order valence-electron chi connectivity index (χ0n) is 20.4. The van der Waals surface area contributed by atoms with E-state index in [4.69, 9.17) is 9.72 Å². The van der Waals surface area contributed by atoms with E-state index in [9.17, 15) is 18.0 Å². The highest BCUT2D eigenvalue weighted by Gasteiger charge is 2.74. The predicted molar refractivity (Wildman–Crippen MR) is 124 cm³/mol. The molecule has 4 heterocycles. The SMILES string of the molecule is O=C(N1CC(C23CC(Oc4ccc(C(F)(F)F)cn4)(C2)C3)C1)N1CC2(CC(c3nc(C4CC4)n[nH]3)C2)C1. The average Bonchev–Trinajstić information content (AvgIpc) is 3.45. The number of aromatic nitrogens is 4. The fraction of sp³-hybridized carbons (Fsp3) is 0.692. The van der Waals surface area contributed by atoms with Gasteiger partial charge in [0, 0.05) is 61.6 Å². The lowest BCUT2D eigenvalue weighted by atomic mass is 9.36. The zero-order chi connectivity index (χ0) is 25.2. The normalized spacial score (nSPS) is 32.2. The molecule has 1 N–H and O–H groups in total. The third-order valence-corrected chi connectivity index (χ3v) is 9.96. The summed E-state index contributed by atoms with van der Waals surface area (Å²) < 4.78 is 44.2. The van der Waals surface area contributed by atoms with Crippen molar-refractivity contribution in [2.45, 2.75) is 68.6 Å². The molecule has 7 aliphatic rings. The van der Waals surface area contributed by atoms with Gasteiger partial charge in [0.15, 0.2) is 5.82 Å². The van der Waals surface area contributed by atoms with Crippen LogP contribution in [0.4, 0.5) is 18.0 Å². The molecule has 9 rings (SSSR count). The molecule has 0 atom stereocenters.